The van der Waals surface area contributed by atoms with E-state index in [1.54, 1.807) is 11.1 Å². The first kappa shape index (κ1) is 17.5. The van der Waals surface area contributed by atoms with E-state index in [1.807, 2.05) is 23.1 Å². The summed E-state index contributed by atoms with van der Waals surface area (Å²) in [6.45, 7) is 2.26. The van der Waals surface area contributed by atoms with Crippen molar-refractivity contribution < 1.29 is 14.7 Å². The Balaban J connectivity index is 1.42. The molecule has 4 rings (SSSR count). The highest BCUT2D eigenvalue weighted by Gasteiger charge is 2.53. The van der Waals surface area contributed by atoms with Gasteiger partial charge in [0.2, 0.25) is 5.91 Å². The van der Waals surface area contributed by atoms with Crippen LogP contribution in [0.25, 0.3) is 0 Å². The number of pyridine rings is 1. The summed E-state index contributed by atoms with van der Waals surface area (Å²) in [5, 5.41) is 10.7. The van der Waals surface area contributed by atoms with E-state index in [0.29, 0.717) is 45.4 Å². The minimum Gasteiger partial charge on any atom is -0.380 e. The van der Waals surface area contributed by atoms with E-state index < -0.39 is 11.0 Å². The molecule has 6 heteroatoms. The van der Waals surface area contributed by atoms with Crippen LogP contribution in [0, 0.1) is 5.41 Å². The van der Waals surface area contributed by atoms with Crippen LogP contribution >= 0.6 is 0 Å². The highest BCUT2D eigenvalue weighted by Crippen LogP contribution is 2.42. The van der Waals surface area contributed by atoms with E-state index in [4.69, 9.17) is 0 Å². The molecule has 140 valence electrons. The molecule has 3 heterocycles. The molecule has 1 N–H and O–H groups in total. The van der Waals surface area contributed by atoms with E-state index in [-0.39, 0.29) is 11.8 Å². The molecule has 1 unspecified atom stereocenters. The molecule has 1 spiro atoms. The zero-order valence-corrected chi connectivity index (χ0v) is 15.2. The number of nitrogens with zero attached hydrogens (tertiary/aromatic N) is 3. The number of likely N-dealkylation sites (tertiary alicyclic amines) is 2. The van der Waals surface area contributed by atoms with Crippen molar-refractivity contribution in [3.63, 3.8) is 0 Å². The van der Waals surface area contributed by atoms with Gasteiger partial charge in [0.15, 0.2) is 0 Å². The van der Waals surface area contributed by atoms with Gasteiger partial charge in [-0.2, -0.15) is 0 Å². The second kappa shape index (κ2) is 6.65. The van der Waals surface area contributed by atoms with Crippen molar-refractivity contribution in [2.45, 2.75) is 57.1 Å². The van der Waals surface area contributed by atoms with Gasteiger partial charge in [-0.1, -0.05) is 25.3 Å². The molecular formula is C20H27N3O3. The lowest BCUT2D eigenvalue weighted by atomic mass is 9.83. The van der Waals surface area contributed by atoms with Crippen LogP contribution < -0.4 is 0 Å². The predicted octanol–water partition coefficient (Wildman–Crippen LogP) is 1.73. The van der Waals surface area contributed by atoms with Gasteiger partial charge in [-0.05, 0) is 37.8 Å². The number of carbonyl (C=O) groups is 2. The Kier molecular flexibility index (Phi) is 4.47. The third-order valence-corrected chi connectivity index (χ3v) is 6.40. The predicted molar refractivity (Wildman–Crippen MR) is 95.9 cm³/mol. The molecule has 1 aromatic rings. The SMILES string of the molecule is O=C(N1CCC2(CCN(Cc3ccccn3)C2=O)C1)C1(O)CCCCC1. The molecule has 3 aliphatic rings. The molecule has 0 bridgehead atoms. The smallest absolute Gasteiger partial charge is 0.254 e. The third-order valence-electron chi connectivity index (χ3n) is 6.40. The fraction of sp³-hybridized carbons (Fsp3) is 0.650. The Labute approximate surface area is 154 Å². The summed E-state index contributed by atoms with van der Waals surface area (Å²) in [6, 6.07) is 5.73. The maximum Gasteiger partial charge on any atom is 0.254 e. The lowest BCUT2D eigenvalue weighted by Crippen LogP contribution is -2.50. The van der Waals surface area contributed by atoms with Crippen LogP contribution in [0.15, 0.2) is 24.4 Å². The average Bonchev–Trinajstić information content (AvgIpc) is 3.22. The van der Waals surface area contributed by atoms with Gasteiger partial charge in [-0.25, -0.2) is 0 Å². The van der Waals surface area contributed by atoms with Gasteiger partial charge < -0.3 is 14.9 Å². The zero-order valence-electron chi connectivity index (χ0n) is 15.2. The maximum absolute atomic E-state index is 13.1. The monoisotopic (exact) mass is 357 g/mol. The van der Waals surface area contributed by atoms with Crippen LogP contribution in [0.2, 0.25) is 0 Å². The molecule has 6 nitrogen and oxygen atoms in total. The van der Waals surface area contributed by atoms with Gasteiger partial charge in [0.25, 0.3) is 5.91 Å². The summed E-state index contributed by atoms with van der Waals surface area (Å²) >= 11 is 0. The van der Waals surface area contributed by atoms with Crippen molar-refractivity contribution in [1.82, 2.24) is 14.8 Å². The number of aromatic nitrogens is 1. The standard InChI is InChI=1S/C20H27N3O3/c24-17-19(9-12-22(17)14-16-6-2-5-11-21-16)10-13-23(15-19)18(25)20(26)7-3-1-4-8-20/h2,5-6,11,26H,1,3-4,7-10,12-15H2. The zero-order chi connectivity index (χ0) is 18.2. The second-order valence-electron chi connectivity index (χ2n) is 8.15. The van der Waals surface area contributed by atoms with Crippen molar-refractivity contribution in [2.24, 2.45) is 5.41 Å². The Hall–Kier alpha value is -1.95. The molecule has 26 heavy (non-hydrogen) atoms. The highest BCUT2D eigenvalue weighted by atomic mass is 16.3. The number of carbonyl (C=O) groups excluding carboxylic acids is 2. The Bertz CT molecular complexity index is 687. The van der Waals surface area contributed by atoms with Crippen LogP contribution in [0.1, 0.15) is 50.6 Å². The largest absolute Gasteiger partial charge is 0.380 e. The van der Waals surface area contributed by atoms with Crippen molar-refractivity contribution in [2.75, 3.05) is 19.6 Å². The van der Waals surface area contributed by atoms with E-state index in [2.05, 4.69) is 4.98 Å². The molecule has 1 atom stereocenters. The van der Waals surface area contributed by atoms with Crippen LogP contribution in [0.3, 0.4) is 0 Å². The molecule has 1 aliphatic carbocycles. The molecule has 0 aromatic carbocycles. The van der Waals surface area contributed by atoms with Gasteiger partial charge in [-0.15, -0.1) is 0 Å². The summed E-state index contributed by atoms with van der Waals surface area (Å²) in [5.74, 6) is -0.0286. The average molecular weight is 357 g/mol. The molecule has 0 radical (unpaired) electrons. The molecule has 1 saturated carbocycles. The molecule has 2 aliphatic heterocycles. The first-order valence-electron chi connectivity index (χ1n) is 9.74. The van der Waals surface area contributed by atoms with E-state index in [0.717, 1.165) is 31.4 Å². The van der Waals surface area contributed by atoms with Gasteiger partial charge in [0.05, 0.1) is 17.7 Å². The quantitative estimate of drug-likeness (QED) is 0.894. The summed E-state index contributed by atoms with van der Waals surface area (Å²) in [4.78, 5) is 33.9. The maximum atomic E-state index is 13.1. The minimum atomic E-state index is -1.21. The number of rotatable bonds is 3. The fourth-order valence-corrected chi connectivity index (χ4v) is 4.80. The molecule has 2 amide bonds. The summed E-state index contributed by atoms with van der Waals surface area (Å²) < 4.78 is 0. The third kappa shape index (κ3) is 3.00. The molecule has 3 fully saturated rings. The van der Waals surface area contributed by atoms with Crippen molar-refractivity contribution in [3.8, 4) is 0 Å². The number of hydrogen-bond acceptors (Lipinski definition) is 4. The van der Waals surface area contributed by atoms with Gasteiger partial charge in [-0.3, -0.25) is 14.6 Å². The number of hydrogen-bond donors (Lipinski definition) is 1. The van der Waals surface area contributed by atoms with Gasteiger partial charge in [0.1, 0.15) is 5.60 Å². The van der Waals surface area contributed by atoms with E-state index >= 15 is 0 Å². The first-order chi connectivity index (χ1) is 12.5. The van der Waals surface area contributed by atoms with Crippen molar-refractivity contribution in [3.05, 3.63) is 30.1 Å². The number of aliphatic hydroxyl groups is 1. The first-order valence-corrected chi connectivity index (χ1v) is 9.74. The normalized spacial score (nSPS) is 28.1. The summed E-state index contributed by atoms with van der Waals surface area (Å²) in [7, 11) is 0. The lowest BCUT2D eigenvalue weighted by molar-refractivity contribution is -0.154. The fourth-order valence-electron chi connectivity index (χ4n) is 4.80. The van der Waals surface area contributed by atoms with Gasteiger partial charge >= 0.3 is 0 Å². The lowest BCUT2D eigenvalue weighted by Gasteiger charge is -2.34. The Morgan fingerprint density at radius 3 is 2.62 bits per heavy atom. The minimum absolute atomic E-state index is 0.133. The Morgan fingerprint density at radius 2 is 1.88 bits per heavy atom. The Morgan fingerprint density at radius 1 is 1.12 bits per heavy atom. The molecule has 2 saturated heterocycles. The van der Waals surface area contributed by atoms with Crippen LogP contribution in [0.5, 0.6) is 0 Å². The molecule has 1 aromatic heterocycles. The van der Waals surface area contributed by atoms with Gasteiger partial charge in [0, 0.05) is 25.8 Å². The van der Waals surface area contributed by atoms with E-state index in [1.165, 1.54) is 0 Å². The summed E-state index contributed by atoms with van der Waals surface area (Å²) in [6.07, 6.45) is 7.21. The van der Waals surface area contributed by atoms with Crippen LogP contribution in [0.4, 0.5) is 0 Å². The number of amides is 2. The second-order valence-corrected chi connectivity index (χ2v) is 8.15. The van der Waals surface area contributed by atoms with Crippen molar-refractivity contribution in [1.29, 1.82) is 0 Å². The van der Waals surface area contributed by atoms with Crippen molar-refractivity contribution >= 4 is 11.8 Å². The van der Waals surface area contributed by atoms with Crippen LogP contribution in [-0.4, -0.2) is 56.9 Å². The van der Waals surface area contributed by atoms with Crippen LogP contribution in [-0.2, 0) is 16.1 Å². The topological polar surface area (TPSA) is 73.7 Å². The highest BCUT2D eigenvalue weighted by molar-refractivity contribution is 5.89. The molecular weight excluding hydrogens is 330 g/mol. The summed E-state index contributed by atoms with van der Waals surface area (Å²) in [5.41, 5.74) is -0.783. The van der Waals surface area contributed by atoms with E-state index in [9.17, 15) is 14.7 Å².